The van der Waals surface area contributed by atoms with E-state index in [1.54, 1.807) is 25.2 Å². The molecule has 48 heavy (non-hydrogen) atoms. The predicted molar refractivity (Wildman–Crippen MR) is 168 cm³/mol. The van der Waals surface area contributed by atoms with Crippen LogP contribution < -0.4 is 10.0 Å². The van der Waals surface area contributed by atoms with Gasteiger partial charge in [0.1, 0.15) is 39.2 Å². The van der Waals surface area contributed by atoms with Crippen molar-refractivity contribution < 1.29 is 35.3 Å². The summed E-state index contributed by atoms with van der Waals surface area (Å²) in [6.45, 7) is 0. The van der Waals surface area contributed by atoms with Crippen LogP contribution in [0.2, 0.25) is 10.2 Å². The van der Waals surface area contributed by atoms with Crippen LogP contribution in [0.15, 0.2) is 42.5 Å². The minimum atomic E-state index is -3.63. The van der Waals surface area contributed by atoms with E-state index in [0.29, 0.717) is 28.1 Å². The van der Waals surface area contributed by atoms with Gasteiger partial charge < -0.3 is 5.32 Å². The lowest BCUT2D eigenvalue weighted by Crippen LogP contribution is -2.37. The third-order valence-electron chi connectivity index (χ3n) is 7.80. The zero-order valence-electron chi connectivity index (χ0n) is 24.8. The number of nitrogens with zero attached hydrogens (tertiary/aromatic N) is 5. The molecule has 0 saturated carbocycles. The molecule has 0 spiro atoms. The maximum atomic E-state index is 14.9. The van der Waals surface area contributed by atoms with Gasteiger partial charge in [-0.15, -0.1) is 0 Å². The van der Waals surface area contributed by atoms with Gasteiger partial charge >= 0.3 is 6.03 Å². The first-order valence-corrected chi connectivity index (χ1v) is 16.4. The number of alkyl halides is 4. The van der Waals surface area contributed by atoms with Crippen LogP contribution in [0.5, 0.6) is 0 Å². The summed E-state index contributed by atoms with van der Waals surface area (Å²) in [5.74, 6) is -5.28. The standard InChI is InChI=1S/C30H23Cl2F6N7O2S/c1-44-25-17(3-5-19(31)22(25)28(42-44)43-48(2)47)16-4-6-21(32)40-23(16)20(11-13-9-14(33)12-15(34)10-13)39-29(46)45-26-18(7-8-30(26,37)38)24(41-45)27(35)36/h3-6,9-10,12,20,27H,7-8,11H2,1-2H3,(H,39,46)(H,42,43). The first-order valence-electron chi connectivity index (χ1n) is 14.1. The molecular formula is C30H23Cl2F6N7O2S. The van der Waals surface area contributed by atoms with E-state index in [1.807, 2.05) is 0 Å². The van der Waals surface area contributed by atoms with Gasteiger partial charge in [-0.2, -0.15) is 23.7 Å². The second-order valence-corrected chi connectivity index (χ2v) is 12.9. The van der Waals surface area contributed by atoms with Gasteiger partial charge in [0, 0.05) is 42.5 Å². The number of hydrogen-bond donors (Lipinski definition) is 2. The Balaban J connectivity index is 1.53. The summed E-state index contributed by atoms with van der Waals surface area (Å²) < 4.78 is 102. The molecule has 0 bridgehead atoms. The molecule has 0 radical (unpaired) electrons. The van der Waals surface area contributed by atoms with Crippen molar-refractivity contribution in [2.24, 2.45) is 7.05 Å². The van der Waals surface area contributed by atoms with Gasteiger partial charge in [-0.05, 0) is 48.7 Å². The summed E-state index contributed by atoms with van der Waals surface area (Å²) in [7, 11) is 0.0762. The quantitative estimate of drug-likeness (QED) is 0.126. The van der Waals surface area contributed by atoms with Gasteiger partial charge in [0.05, 0.1) is 27.7 Å². The van der Waals surface area contributed by atoms with Gasteiger partial charge in [0.2, 0.25) is 0 Å². The molecule has 9 nitrogen and oxygen atoms in total. The van der Waals surface area contributed by atoms with Crippen molar-refractivity contribution in [3.63, 3.8) is 0 Å². The van der Waals surface area contributed by atoms with E-state index in [0.717, 1.165) is 12.1 Å². The number of carbonyl (C=O) groups excluding carboxylic acids is 1. The lowest BCUT2D eigenvalue weighted by molar-refractivity contribution is -0.00911. The maximum Gasteiger partial charge on any atom is 0.343 e. The van der Waals surface area contributed by atoms with E-state index in [9.17, 15) is 35.3 Å². The third kappa shape index (κ3) is 6.23. The molecule has 2 unspecified atom stereocenters. The Morgan fingerprint density at radius 1 is 1.04 bits per heavy atom. The monoisotopic (exact) mass is 729 g/mol. The molecule has 0 fully saturated rings. The van der Waals surface area contributed by atoms with Crippen LogP contribution in [0.3, 0.4) is 0 Å². The van der Waals surface area contributed by atoms with E-state index >= 15 is 0 Å². The minimum Gasteiger partial charge on any atom is -0.327 e. The predicted octanol–water partition coefficient (Wildman–Crippen LogP) is 7.64. The molecule has 18 heteroatoms. The van der Waals surface area contributed by atoms with Crippen molar-refractivity contribution >= 4 is 56.9 Å². The molecule has 0 saturated heterocycles. The maximum absolute atomic E-state index is 14.9. The van der Waals surface area contributed by atoms with E-state index < -0.39 is 76.8 Å². The summed E-state index contributed by atoms with van der Waals surface area (Å²) >= 11 is 12.8. The molecule has 3 aromatic heterocycles. The average molecular weight is 731 g/mol. The molecular weight excluding hydrogens is 707 g/mol. The topological polar surface area (TPSA) is 107 Å². The Morgan fingerprint density at radius 2 is 1.73 bits per heavy atom. The van der Waals surface area contributed by atoms with E-state index in [1.165, 1.54) is 17.0 Å². The second-order valence-electron chi connectivity index (χ2n) is 11.0. The second kappa shape index (κ2) is 12.7. The fraction of sp³-hybridized carbons (Fsp3) is 0.267. The van der Waals surface area contributed by atoms with Crippen molar-refractivity contribution in [2.45, 2.75) is 37.7 Å². The number of carbonyl (C=O) groups is 1. The van der Waals surface area contributed by atoms with Crippen LogP contribution in [0.25, 0.3) is 22.0 Å². The number of halogens is 8. The highest BCUT2D eigenvalue weighted by atomic mass is 35.5. The van der Waals surface area contributed by atoms with Crippen LogP contribution in [0.1, 0.15) is 47.1 Å². The Bertz CT molecular complexity index is 2100. The highest BCUT2D eigenvalue weighted by Crippen LogP contribution is 2.45. The van der Waals surface area contributed by atoms with Gasteiger partial charge in [-0.3, -0.25) is 9.40 Å². The molecule has 0 aliphatic heterocycles. The number of nitrogens with one attached hydrogen (secondary N) is 2. The molecule has 5 aromatic rings. The van der Waals surface area contributed by atoms with Gasteiger partial charge in [0.15, 0.2) is 5.82 Å². The fourth-order valence-electron chi connectivity index (χ4n) is 5.95. The molecule has 1 amide bonds. The van der Waals surface area contributed by atoms with Crippen LogP contribution in [-0.4, -0.2) is 41.0 Å². The number of amides is 1. The number of hydrogen-bond acceptors (Lipinski definition) is 5. The van der Waals surface area contributed by atoms with Gasteiger partial charge in [-0.25, -0.2) is 31.5 Å². The lowest BCUT2D eigenvalue weighted by atomic mass is 9.94. The van der Waals surface area contributed by atoms with Crippen LogP contribution in [0, 0.1) is 11.6 Å². The molecule has 252 valence electrons. The minimum absolute atomic E-state index is 0.0172. The Kier molecular flexibility index (Phi) is 8.93. The smallest absolute Gasteiger partial charge is 0.327 e. The molecule has 3 heterocycles. The lowest BCUT2D eigenvalue weighted by Gasteiger charge is -2.23. The zero-order valence-corrected chi connectivity index (χ0v) is 27.1. The van der Waals surface area contributed by atoms with Crippen molar-refractivity contribution in [2.75, 3.05) is 11.0 Å². The van der Waals surface area contributed by atoms with Crippen molar-refractivity contribution in [1.29, 1.82) is 0 Å². The first-order chi connectivity index (χ1) is 22.6. The summed E-state index contributed by atoms with van der Waals surface area (Å²) in [4.78, 5) is 18.1. The summed E-state index contributed by atoms with van der Waals surface area (Å²) in [5.41, 5.74) is -1.12. The molecule has 2 atom stereocenters. The van der Waals surface area contributed by atoms with Crippen LogP contribution in [0.4, 0.5) is 37.0 Å². The number of benzene rings is 2. The van der Waals surface area contributed by atoms with Crippen molar-refractivity contribution in [3.8, 4) is 11.1 Å². The van der Waals surface area contributed by atoms with E-state index in [2.05, 4.69) is 25.2 Å². The van der Waals surface area contributed by atoms with Gasteiger partial charge in [-0.1, -0.05) is 29.3 Å². The first kappa shape index (κ1) is 33.7. The van der Waals surface area contributed by atoms with E-state index in [4.69, 9.17) is 23.2 Å². The van der Waals surface area contributed by atoms with E-state index in [-0.39, 0.29) is 38.4 Å². The van der Waals surface area contributed by atoms with Crippen molar-refractivity contribution in [1.82, 2.24) is 29.9 Å². The SMILES string of the molecule is Cn1nc(NS(C)=O)c2c(Cl)ccc(-c3ccc(Cl)nc3C(Cc3cc(F)cc(F)c3)NC(=O)n3nc(C(F)F)c4c3C(F)(F)CC4)c21. The highest BCUT2D eigenvalue weighted by Gasteiger charge is 2.47. The average Bonchev–Trinajstić information content (AvgIpc) is 3.64. The largest absolute Gasteiger partial charge is 0.343 e. The van der Waals surface area contributed by atoms with Crippen LogP contribution in [-0.2, 0) is 36.8 Å². The molecule has 6 rings (SSSR count). The Morgan fingerprint density at radius 3 is 2.40 bits per heavy atom. The molecule has 1 aliphatic rings. The number of fused-ring (bicyclic) bond motifs is 2. The summed E-state index contributed by atoms with van der Waals surface area (Å²) in [6.07, 6.45) is -3.40. The third-order valence-corrected chi connectivity index (χ3v) is 8.80. The summed E-state index contributed by atoms with van der Waals surface area (Å²) in [5, 5.41) is 11.0. The highest BCUT2D eigenvalue weighted by molar-refractivity contribution is 7.85. The molecule has 1 aliphatic carbocycles. The molecule has 2 N–H and O–H groups in total. The number of anilines is 1. The number of pyridine rings is 1. The summed E-state index contributed by atoms with van der Waals surface area (Å²) in [6, 6.07) is 6.13. The zero-order chi connectivity index (χ0) is 34.7. The number of rotatable bonds is 8. The Labute approximate surface area is 280 Å². The number of aromatic nitrogens is 5. The number of aryl methyl sites for hydroxylation is 1. The van der Waals surface area contributed by atoms with Crippen LogP contribution >= 0.6 is 23.2 Å². The Hall–Kier alpha value is -4.15. The normalized spacial score (nSPS) is 15.1. The van der Waals surface area contributed by atoms with Crippen molar-refractivity contribution in [3.05, 3.63) is 92.5 Å². The van der Waals surface area contributed by atoms with Gasteiger partial charge in [0.25, 0.3) is 12.3 Å². The molecule has 2 aromatic carbocycles. The fourth-order valence-corrected chi connectivity index (χ4v) is 6.76.